The third kappa shape index (κ3) is 5.43. The van der Waals surface area contributed by atoms with Crippen LogP contribution in [0.4, 0.5) is 0 Å². The molecule has 0 aromatic carbocycles. The smallest absolute Gasteiger partial charge is 0.0178 e. The maximum absolute atomic E-state index is 5.48. The molecule has 11 heavy (non-hydrogen) atoms. The van der Waals surface area contributed by atoms with Gasteiger partial charge in [0.2, 0.25) is 0 Å². The fourth-order valence-electron chi connectivity index (χ4n) is 0.768. The summed E-state index contributed by atoms with van der Waals surface area (Å²) in [5.41, 5.74) is 13.7. The van der Waals surface area contributed by atoms with Crippen molar-refractivity contribution in [3.8, 4) is 0 Å². The van der Waals surface area contributed by atoms with Crippen LogP contribution in [-0.2, 0) is 0 Å². The molecule has 0 aliphatic heterocycles. The average molecular weight is 152 g/mol. The predicted molar refractivity (Wildman–Crippen MR) is 49.9 cm³/mol. The summed E-state index contributed by atoms with van der Waals surface area (Å²) in [7, 11) is 0. The van der Waals surface area contributed by atoms with Crippen LogP contribution in [-0.4, -0.2) is 6.54 Å². The highest BCUT2D eigenvalue weighted by molar-refractivity contribution is 5.29. The van der Waals surface area contributed by atoms with Crippen molar-refractivity contribution < 1.29 is 0 Å². The number of nitrogens with two attached hydrogens (primary N) is 2. The molecule has 62 valence electrons. The Bertz CT molecular complexity index is 196. The summed E-state index contributed by atoms with van der Waals surface area (Å²) < 4.78 is 0. The van der Waals surface area contributed by atoms with Crippen LogP contribution in [0.3, 0.4) is 0 Å². The first-order valence-corrected chi connectivity index (χ1v) is 3.56. The van der Waals surface area contributed by atoms with E-state index < -0.39 is 0 Å². The van der Waals surface area contributed by atoms with Crippen molar-refractivity contribution in [1.29, 1.82) is 0 Å². The van der Waals surface area contributed by atoms with Gasteiger partial charge < -0.3 is 11.5 Å². The lowest BCUT2D eigenvalue weighted by Crippen LogP contribution is -2.03. The van der Waals surface area contributed by atoms with Gasteiger partial charge in [-0.1, -0.05) is 18.2 Å². The van der Waals surface area contributed by atoms with E-state index in [-0.39, 0.29) is 0 Å². The van der Waals surface area contributed by atoms with Crippen LogP contribution in [0.25, 0.3) is 0 Å². The molecule has 2 nitrogen and oxygen atoms in total. The van der Waals surface area contributed by atoms with Gasteiger partial charge in [0.15, 0.2) is 0 Å². The van der Waals surface area contributed by atoms with E-state index in [2.05, 4.69) is 6.58 Å². The molecule has 0 aromatic rings. The van der Waals surface area contributed by atoms with Crippen molar-refractivity contribution in [3.63, 3.8) is 0 Å². The SMILES string of the molecule is C=C(C)/C=C(\C=C(\C)N)CN. The van der Waals surface area contributed by atoms with Crippen LogP contribution in [0.2, 0.25) is 0 Å². The summed E-state index contributed by atoms with van der Waals surface area (Å²) in [4.78, 5) is 0. The highest BCUT2D eigenvalue weighted by Gasteiger charge is 1.88. The summed E-state index contributed by atoms with van der Waals surface area (Å²) in [6.07, 6.45) is 3.78. The van der Waals surface area contributed by atoms with Gasteiger partial charge in [0.25, 0.3) is 0 Å². The molecule has 0 radical (unpaired) electrons. The van der Waals surface area contributed by atoms with Crippen molar-refractivity contribution in [3.05, 3.63) is 35.6 Å². The van der Waals surface area contributed by atoms with Crippen molar-refractivity contribution in [1.82, 2.24) is 0 Å². The molecule has 0 aromatic heterocycles. The Balaban J connectivity index is 4.41. The van der Waals surface area contributed by atoms with Gasteiger partial charge in [-0.15, -0.1) is 0 Å². The van der Waals surface area contributed by atoms with Crippen LogP contribution < -0.4 is 11.5 Å². The first-order valence-electron chi connectivity index (χ1n) is 3.56. The van der Waals surface area contributed by atoms with Gasteiger partial charge in [-0.05, 0) is 25.5 Å². The molecule has 0 saturated carbocycles. The molecule has 0 fully saturated rings. The second kappa shape index (κ2) is 4.74. The molecule has 4 N–H and O–H groups in total. The van der Waals surface area contributed by atoms with Crippen LogP contribution in [0.1, 0.15) is 13.8 Å². The monoisotopic (exact) mass is 152 g/mol. The molecule has 0 spiro atoms. The number of allylic oxidation sites excluding steroid dienone is 3. The van der Waals surface area contributed by atoms with Gasteiger partial charge in [0, 0.05) is 12.2 Å². The van der Waals surface area contributed by atoms with Gasteiger partial charge in [-0.25, -0.2) is 0 Å². The second-order valence-corrected chi connectivity index (χ2v) is 2.66. The van der Waals surface area contributed by atoms with Crippen molar-refractivity contribution >= 4 is 0 Å². The van der Waals surface area contributed by atoms with E-state index in [0.29, 0.717) is 6.54 Å². The molecule has 0 bridgehead atoms. The lowest BCUT2D eigenvalue weighted by Gasteiger charge is -1.98. The molecule has 0 rings (SSSR count). The Morgan fingerprint density at radius 3 is 2.18 bits per heavy atom. The molecule has 0 aliphatic rings. The zero-order chi connectivity index (χ0) is 8.85. The Hall–Kier alpha value is -1.02. The van der Waals surface area contributed by atoms with E-state index in [1.807, 2.05) is 26.0 Å². The minimum absolute atomic E-state index is 0.501. The average Bonchev–Trinajstić information content (AvgIpc) is 1.84. The van der Waals surface area contributed by atoms with Gasteiger partial charge >= 0.3 is 0 Å². The molecular weight excluding hydrogens is 136 g/mol. The quantitative estimate of drug-likeness (QED) is 0.599. The largest absolute Gasteiger partial charge is 0.402 e. The third-order valence-corrected chi connectivity index (χ3v) is 1.08. The molecule has 2 heteroatoms. The number of hydrogen-bond acceptors (Lipinski definition) is 2. The van der Waals surface area contributed by atoms with Crippen LogP contribution >= 0.6 is 0 Å². The van der Waals surface area contributed by atoms with E-state index in [9.17, 15) is 0 Å². The lowest BCUT2D eigenvalue weighted by atomic mass is 10.1. The maximum Gasteiger partial charge on any atom is 0.0178 e. The van der Waals surface area contributed by atoms with Gasteiger partial charge in [-0.3, -0.25) is 0 Å². The van der Waals surface area contributed by atoms with Crippen LogP contribution in [0, 0.1) is 0 Å². The molecule has 0 atom stereocenters. The molecule has 0 heterocycles. The molecular formula is C9H16N2. The van der Waals surface area contributed by atoms with E-state index in [4.69, 9.17) is 11.5 Å². The summed E-state index contributed by atoms with van der Waals surface area (Å²) >= 11 is 0. The Kier molecular flexibility index (Phi) is 4.30. The second-order valence-electron chi connectivity index (χ2n) is 2.66. The molecule has 0 saturated heterocycles. The van der Waals surface area contributed by atoms with E-state index in [0.717, 1.165) is 16.8 Å². The Morgan fingerprint density at radius 1 is 1.36 bits per heavy atom. The van der Waals surface area contributed by atoms with Crippen LogP contribution in [0.15, 0.2) is 35.6 Å². The fraction of sp³-hybridized carbons (Fsp3) is 0.333. The summed E-state index contributed by atoms with van der Waals surface area (Å²) in [5.74, 6) is 0. The summed E-state index contributed by atoms with van der Waals surface area (Å²) in [6, 6.07) is 0. The van der Waals surface area contributed by atoms with E-state index in [1.165, 1.54) is 0 Å². The highest BCUT2D eigenvalue weighted by atomic mass is 14.6. The first kappa shape index (κ1) is 9.98. The van der Waals surface area contributed by atoms with Gasteiger partial charge in [0.05, 0.1) is 0 Å². The highest BCUT2D eigenvalue weighted by Crippen LogP contribution is 2.01. The van der Waals surface area contributed by atoms with Crippen molar-refractivity contribution in [2.45, 2.75) is 13.8 Å². The Morgan fingerprint density at radius 2 is 1.91 bits per heavy atom. The Labute approximate surface area is 68.3 Å². The van der Waals surface area contributed by atoms with Gasteiger partial charge in [0.1, 0.15) is 0 Å². The normalized spacial score (nSPS) is 13.4. The third-order valence-electron chi connectivity index (χ3n) is 1.08. The zero-order valence-corrected chi connectivity index (χ0v) is 7.22. The minimum atomic E-state index is 0.501. The maximum atomic E-state index is 5.48. The minimum Gasteiger partial charge on any atom is -0.402 e. The first-order chi connectivity index (χ1) is 5.06. The molecule has 0 aliphatic carbocycles. The predicted octanol–water partition coefficient (Wildman–Crippen LogP) is 1.31. The summed E-state index contributed by atoms with van der Waals surface area (Å²) in [5, 5.41) is 0. The zero-order valence-electron chi connectivity index (χ0n) is 7.22. The topological polar surface area (TPSA) is 52.0 Å². The standard InChI is InChI=1S/C9H16N2/c1-7(2)4-9(6-10)5-8(3)11/h4-5H,1,6,10-11H2,2-3H3/b8-5-,9-4+. The summed E-state index contributed by atoms with van der Waals surface area (Å²) in [6.45, 7) is 8.01. The fourth-order valence-corrected chi connectivity index (χ4v) is 0.768. The number of hydrogen-bond donors (Lipinski definition) is 2. The van der Waals surface area contributed by atoms with Crippen molar-refractivity contribution in [2.24, 2.45) is 11.5 Å². The van der Waals surface area contributed by atoms with Crippen molar-refractivity contribution in [2.75, 3.05) is 6.54 Å². The molecule has 0 unspecified atom stereocenters. The van der Waals surface area contributed by atoms with Gasteiger partial charge in [-0.2, -0.15) is 0 Å². The number of rotatable bonds is 3. The molecule has 0 amide bonds. The van der Waals surface area contributed by atoms with E-state index in [1.54, 1.807) is 0 Å². The van der Waals surface area contributed by atoms with E-state index >= 15 is 0 Å². The lowest BCUT2D eigenvalue weighted by molar-refractivity contribution is 1.16. The van der Waals surface area contributed by atoms with Crippen LogP contribution in [0.5, 0.6) is 0 Å².